The van der Waals surface area contributed by atoms with Crippen molar-refractivity contribution < 1.29 is 19.5 Å². The number of pyridine rings is 1. The first-order valence-corrected chi connectivity index (χ1v) is 9.90. The highest BCUT2D eigenvalue weighted by atomic mass is 16.3. The standard InChI is InChI=1S/C20H28N4O4/c1-12-5-6-17(13-3-2-4-16(25)8-13)24(11-12)20(28)19(27)23-15-7-14(18(21)26)9-22-10-15/h7,9-10,12-13,16-17,25H,2-6,8,11H2,1H3,(H2,21,26)(H,23,27)/t12-,13+,16+,17+/m1/s1. The van der Waals surface area contributed by atoms with Gasteiger partial charge in [0.25, 0.3) is 0 Å². The molecule has 1 saturated heterocycles. The lowest BCUT2D eigenvalue weighted by molar-refractivity contribution is -0.148. The third kappa shape index (κ3) is 4.67. The van der Waals surface area contributed by atoms with E-state index in [2.05, 4.69) is 17.2 Å². The van der Waals surface area contributed by atoms with E-state index in [-0.39, 0.29) is 29.3 Å². The second kappa shape index (κ2) is 8.68. The number of nitrogens with one attached hydrogen (secondary N) is 1. The highest BCUT2D eigenvalue weighted by Crippen LogP contribution is 2.35. The van der Waals surface area contributed by atoms with Crippen molar-refractivity contribution in [1.29, 1.82) is 0 Å². The summed E-state index contributed by atoms with van der Waals surface area (Å²) in [4.78, 5) is 42.4. The molecule has 1 aromatic heterocycles. The molecule has 1 aliphatic heterocycles. The highest BCUT2D eigenvalue weighted by Gasteiger charge is 2.39. The number of carbonyl (C=O) groups is 3. The largest absolute Gasteiger partial charge is 0.393 e. The Labute approximate surface area is 164 Å². The number of aromatic nitrogens is 1. The summed E-state index contributed by atoms with van der Waals surface area (Å²) in [6.07, 6.45) is 7.58. The third-order valence-corrected chi connectivity index (χ3v) is 5.83. The van der Waals surface area contributed by atoms with Crippen molar-refractivity contribution in [3.05, 3.63) is 24.0 Å². The molecular formula is C20H28N4O4. The summed E-state index contributed by atoms with van der Waals surface area (Å²) >= 11 is 0. The molecule has 1 saturated carbocycles. The van der Waals surface area contributed by atoms with Crippen LogP contribution in [0.1, 0.15) is 55.8 Å². The summed E-state index contributed by atoms with van der Waals surface area (Å²) in [5.74, 6) is -1.45. The molecule has 2 fully saturated rings. The van der Waals surface area contributed by atoms with E-state index < -0.39 is 17.7 Å². The molecule has 4 atom stereocenters. The molecule has 2 heterocycles. The smallest absolute Gasteiger partial charge is 0.313 e. The lowest BCUT2D eigenvalue weighted by Gasteiger charge is -2.44. The van der Waals surface area contributed by atoms with E-state index in [0.717, 1.165) is 32.1 Å². The average Bonchev–Trinajstić information content (AvgIpc) is 2.67. The zero-order valence-electron chi connectivity index (χ0n) is 16.1. The van der Waals surface area contributed by atoms with Crippen LogP contribution in [0.3, 0.4) is 0 Å². The van der Waals surface area contributed by atoms with Gasteiger partial charge in [0.2, 0.25) is 5.91 Å². The van der Waals surface area contributed by atoms with Crippen LogP contribution in [0.25, 0.3) is 0 Å². The van der Waals surface area contributed by atoms with Crippen molar-refractivity contribution in [3.63, 3.8) is 0 Å². The second-order valence-corrected chi connectivity index (χ2v) is 8.07. The van der Waals surface area contributed by atoms with Gasteiger partial charge in [-0.25, -0.2) is 0 Å². The van der Waals surface area contributed by atoms with Gasteiger partial charge < -0.3 is 21.1 Å². The predicted octanol–water partition coefficient (Wildman–Crippen LogP) is 1.30. The Kier molecular flexibility index (Phi) is 6.28. The number of aliphatic hydroxyl groups is 1. The Morgan fingerprint density at radius 1 is 1.21 bits per heavy atom. The van der Waals surface area contributed by atoms with Gasteiger partial charge in [-0.15, -0.1) is 0 Å². The first-order chi connectivity index (χ1) is 13.3. The molecule has 3 amide bonds. The van der Waals surface area contributed by atoms with Crippen molar-refractivity contribution in [2.45, 2.75) is 57.6 Å². The third-order valence-electron chi connectivity index (χ3n) is 5.83. The topological polar surface area (TPSA) is 126 Å². The SMILES string of the molecule is C[C@@H]1CC[C@@H]([C@H]2CCC[C@H](O)C2)N(C(=O)C(=O)Nc2cncc(C(N)=O)c2)C1. The van der Waals surface area contributed by atoms with Gasteiger partial charge in [-0.2, -0.15) is 0 Å². The van der Waals surface area contributed by atoms with Gasteiger partial charge in [0, 0.05) is 18.8 Å². The summed E-state index contributed by atoms with van der Waals surface area (Å²) in [6.45, 7) is 2.60. The van der Waals surface area contributed by atoms with Crippen molar-refractivity contribution in [2.24, 2.45) is 17.6 Å². The number of primary amides is 1. The number of piperidine rings is 1. The van der Waals surface area contributed by atoms with Crippen LogP contribution in [0, 0.1) is 11.8 Å². The molecule has 0 aromatic carbocycles. The Balaban J connectivity index is 1.72. The minimum atomic E-state index is -0.751. The molecule has 8 heteroatoms. The molecule has 3 rings (SSSR count). The maximum atomic E-state index is 12.9. The molecule has 0 bridgehead atoms. The fraction of sp³-hybridized carbons (Fsp3) is 0.600. The van der Waals surface area contributed by atoms with Gasteiger partial charge >= 0.3 is 11.8 Å². The van der Waals surface area contributed by atoms with E-state index in [1.807, 2.05) is 0 Å². The van der Waals surface area contributed by atoms with Crippen LogP contribution in [0.5, 0.6) is 0 Å². The number of rotatable bonds is 3. The number of hydrogen-bond acceptors (Lipinski definition) is 5. The van der Waals surface area contributed by atoms with Crippen LogP contribution in [0.4, 0.5) is 5.69 Å². The van der Waals surface area contributed by atoms with Gasteiger partial charge in [-0.1, -0.05) is 13.3 Å². The van der Waals surface area contributed by atoms with Crippen LogP contribution < -0.4 is 11.1 Å². The van der Waals surface area contributed by atoms with Gasteiger partial charge in [-0.3, -0.25) is 19.4 Å². The van der Waals surface area contributed by atoms with Crippen LogP contribution in [-0.2, 0) is 9.59 Å². The lowest BCUT2D eigenvalue weighted by Crippen LogP contribution is -2.54. The number of carbonyl (C=O) groups excluding carboxylic acids is 3. The van der Waals surface area contributed by atoms with Crippen LogP contribution >= 0.6 is 0 Å². The zero-order chi connectivity index (χ0) is 20.3. The van der Waals surface area contributed by atoms with Crippen LogP contribution in [-0.4, -0.2) is 51.4 Å². The Morgan fingerprint density at radius 3 is 2.71 bits per heavy atom. The fourth-order valence-corrected chi connectivity index (χ4v) is 4.41. The Morgan fingerprint density at radius 2 is 2.00 bits per heavy atom. The molecule has 0 spiro atoms. The fourth-order valence-electron chi connectivity index (χ4n) is 4.41. The van der Waals surface area contributed by atoms with E-state index >= 15 is 0 Å². The van der Waals surface area contributed by atoms with Crippen molar-refractivity contribution in [3.8, 4) is 0 Å². The molecular weight excluding hydrogens is 360 g/mol. The van der Waals surface area contributed by atoms with Gasteiger partial charge in [0.05, 0.1) is 23.6 Å². The maximum absolute atomic E-state index is 12.9. The molecule has 2 aliphatic rings. The van der Waals surface area contributed by atoms with E-state index in [0.29, 0.717) is 18.9 Å². The summed E-state index contributed by atoms with van der Waals surface area (Å²) in [5.41, 5.74) is 5.64. The number of likely N-dealkylation sites (tertiary alicyclic amines) is 1. The van der Waals surface area contributed by atoms with Crippen LogP contribution in [0.2, 0.25) is 0 Å². The number of anilines is 1. The highest BCUT2D eigenvalue weighted by molar-refractivity contribution is 6.39. The van der Waals surface area contributed by atoms with E-state index in [9.17, 15) is 19.5 Å². The van der Waals surface area contributed by atoms with E-state index in [4.69, 9.17) is 5.73 Å². The molecule has 28 heavy (non-hydrogen) atoms. The maximum Gasteiger partial charge on any atom is 0.313 e. The molecule has 1 aliphatic carbocycles. The number of nitrogens with two attached hydrogens (primary N) is 1. The van der Waals surface area contributed by atoms with E-state index in [1.165, 1.54) is 18.5 Å². The monoisotopic (exact) mass is 388 g/mol. The van der Waals surface area contributed by atoms with Crippen molar-refractivity contribution in [1.82, 2.24) is 9.88 Å². The first-order valence-electron chi connectivity index (χ1n) is 9.90. The molecule has 0 radical (unpaired) electrons. The van der Waals surface area contributed by atoms with Crippen LogP contribution in [0.15, 0.2) is 18.5 Å². The summed E-state index contributed by atoms with van der Waals surface area (Å²) in [6, 6.07) is 1.37. The number of amides is 3. The second-order valence-electron chi connectivity index (χ2n) is 8.07. The quantitative estimate of drug-likeness (QED) is 0.673. The summed E-state index contributed by atoms with van der Waals surface area (Å²) in [5, 5.41) is 12.6. The Hall–Kier alpha value is -2.48. The zero-order valence-corrected chi connectivity index (χ0v) is 16.1. The normalized spacial score (nSPS) is 27.9. The van der Waals surface area contributed by atoms with Gasteiger partial charge in [0.1, 0.15) is 0 Å². The Bertz CT molecular complexity index is 753. The number of nitrogens with zero attached hydrogens (tertiary/aromatic N) is 2. The molecule has 152 valence electrons. The van der Waals surface area contributed by atoms with Gasteiger partial charge in [0.15, 0.2) is 0 Å². The first kappa shape index (κ1) is 20.3. The average molecular weight is 388 g/mol. The lowest BCUT2D eigenvalue weighted by atomic mass is 9.77. The molecule has 1 aromatic rings. The number of hydrogen-bond donors (Lipinski definition) is 3. The number of aliphatic hydroxyl groups excluding tert-OH is 1. The predicted molar refractivity (Wildman–Crippen MR) is 103 cm³/mol. The van der Waals surface area contributed by atoms with Crippen molar-refractivity contribution in [2.75, 3.05) is 11.9 Å². The molecule has 8 nitrogen and oxygen atoms in total. The molecule has 4 N–H and O–H groups in total. The minimum Gasteiger partial charge on any atom is -0.393 e. The van der Waals surface area contributed by atoms with Gasteiger partial charge in [-0.05, 0) is 50.0 Å². The van der Waals surface area contributed by atoms with Crippen molar-refractivity contribution >= 4 is 23.4 Å². The summed E-state index contributed by atoms with van der Waals surface area (Å²) < 4.78 is 0. The van der Waals surface area contributed by atoms with E-state index in [1.54, 1.807) is 4.90 Å². The molecule has 0 unspecified atom stereocenters. The summed E-state index contributed by atoms with van der Waals surface area (Å²) in [7, 11) is 0. The minimum absolute atomic E-state index is 0.0283.